The smallest absolute Gasteiger partial charge is 0.293 e. The molecule has 0 saturated carbocycles. The van der Waals surface area contributed by atoms with Crippen molar-refractivity contribution in [2.45, 2.75) is 13.0 Å². The fourth-order valence-electron chi connectivity index (χ4n) is 1.62. The molecule has 4 nitrogen and oxygen atoms in total. The molecule has 1 unspecified atom stereocenters. The number of nitro benzene ring substituents is 1. The average Bonchev–Trinajstić information content (AvgIpc) is 2.84. The van der Waals surface area contributed by atoms with E-state index in [1.165, 1.54) is 0 Å². The van der Waals surface area contributed by atoms with Crippen molar-refractivity contribution < 1.29 is 4.92 Å². The molecule has 6 heteroatoms. The summed E-state index contributed by atoms with van der Waals surface area (Å²) in [6.45, 7) is 1.99. The number of halogens is 1. The number of hydrogen-bond acceptors (Lipinski definition) is 4. The van der Waals surface area contributed by atoms with Crippen LogP contribution in [0.25, 0.3) is 0 Å². The molecular weight excluding hydrogens is 363 g/mol. The number of anilines is 1. The first-order valence-electron chi connectivity index (χ1n) is 5.32. The molecular formula is C12H11IN2O2S. The first-order chi connectivity index (χ1) is 8.58. The Kier molecular flexibility index (Phi) is 4.18. The lowest BCUT2D eigenvalue weighted by atomic mass is 10.2. The highest BCUT2D eigenvalue weighted by Crippen LogP contribution is 2.30. The first-order valence-corrected chi connectivity index (χ1v) is 7.27. The zero-order valence-corrected chi connectivity index (χ0v) is 12.6. The van der Waals surface area contributed by atoms with Gasteiger partial charge in [-0.3, -0.25) is 10.1 Å². The summed E-state index contributed by atoms with van der Waals surface area (Å²) >= 11 is 3.70. The van der Waals surface area contributed by atoms with Crippen LogP contribution in [0.3, 0.4) is 0 Å². The summed E-state index contributed by atoms with van der Waals surface area (Å²) in [4.78, 5) is 11.8. The summed E-state index contributed by atoms with van der Waals surface area (Å²) in [5.74, 6) is 0. The Balaban J connectivity index is 2.26. The van der Waals surface area contributed by atoms with Gasteiger partial charge >= 0.3 is 0 Å². The Morgan fingerprint density at radius 2 is 2.22 bits per heavy atom. The molecule has 0 bridgehead atoms. The van der Waals surface area contributed by atoms with Crippen molar-refractivity contribution in [1.29, 1.82) is 0 Å². The van der Waals surface area contributed by atoms with E-state index in [0.717, 1.165) is 8.45 Å². The van der Waals surface area contributed by atoms with Gasteiger partial charge < -0.3 is 5.32 Å². The van der Waals surface area contributed by atoms with Crippen LogP contribution in [0.2, 0.25) is 0 Å². The summed E-state index contributed by atoms with van der Waals surface area (Å²) in [6, 6.07) is 9.23. The SMILES string of the molecule is CC(Nc1ccc(I)cc1[N+](=O)[O-])c1cccs1. The van der Waals surface area contributed by atoms with Gasteiger partial charge in [0.15, 0.2) is 0 Å². The van der Waals surface area contributed by atoms with E-state index in [9.17, 15) is 10.1 Å². The van der Waals surface area contributed by atoms with Gasteiger partial charge in [0.25, 0.3) is 5.69 Å². The standard InChI is InChI=1S/C12H11IN2O2S/c1-8(12-3-2-6-18-12)14-10-5-4-9(13)7-11(10)15(16)17/h2-8,14H,1H3. The molecule has 1 atom stereocenters. The van der Waals surface area contributed by atoms with E-state index in [1.54, 1.807) is 23.5 Å². The van der Waals surface area contributed by atoms with Crippen LogP contribution in [0, 0.1) is 13.7 Å². The van der Waals surface area contributed by atoms with Gasteiger partial charge in [-0.25, -0.2) is 0 Å². The lowest BCUT2D eigenvalue weighted by Crippen LogP contribution is -2.07. The Hall–Kier alpha value is -1.15. The molecule has 94 valence electrons. The van der Waals surface area contributed by atoms with Gasteiger partial charge in [0.05, 0.1) is 11.0 Å². The van der Waals surface area contributed by atoms with Crippen molar-refractivity contribution in [2.75, 3.05) is 5.32 Å². The third-order valence-electron chi connectivity index (χ3n) is 2.50. The van der Waals surface area contributed by atoms with E-state index in [0.29, 0.717) is 5.69 Å². The van der Waals surface area contributed by atoms with Crippen LogP contribution < -0.4 is 5.32 Å². The molecule has 0 amide bonds. The number of nitrogens with one attached hydrogen (secondary N) is 1. The van der Waals surface area contributed by atoms with Gasteiger partial charge in [-0.1, -0.05) is 6.07 Å². The summed E-state index contributed by atoms with van der Waals surface area (Å²) in [5, 5.41) is 16.2. The van der Waals surface area contributed by atoms with Gasteiger partial charge in [0.2, 0.25) is 0 Å². The van der Waals surface area contributed by atoms with Crippen LogP contribution in [0.5, 0.6) is 0 Å². The maximum absolute atomic E-state index is 11.0. The lowest BCUT2D eigenvalue weighted by Gasteiger charge is -2.13. The van der Waals surface area contributed by atoms with E-state index >= 15 is 0 Å². The highest BCUT2D eigenvalue weighted by atomic mass is 127. The molecule has 2 rings (SSSR count). The van der Waals surface area contributed by atoms with Crippen LogP contribution in [0.1, 0.15) is 17.8 Å². The molecule has 0 aliphatic carbocycles. The van der Waals surface area contributed by atoms with E-state index in [2.05, 4.69) is 27.9 Å². The lowest BCUT2D eigenvalue weighted by molar-refractivity contribution is -0.384. The summed E-state index contributed by atoms with van der Waals surface area (Å²) in [5.41, 5.74) is 0.673. The zero-order valence-electron chi connectivity index (χ0n) is 9.59. The molecule has 18 heavy (non-hydrogen) atoms. The van der Waals surface area contributed by atoms with Crippen molar-refractivity contribution in [1.82, 2.24) is 0 Å². The maximum Gasteiger partial charge on any atom is 0.293 e. The first kappa shape index (κ1) is 13.3. The third-order valence-corrected chi connectivity index (χ3v) is 4.22. The number of benzene rings is 1. The second-order valence-electron chi connectivity index (χ2n) is 3.80. The molecule has 0 radical (unpaired) electrons. The van der Waals surface area contributed by atoms with E-state index in [4.69, 9.17) is 0 Å². The largest absolute Gasteiger partial charge is 0.372 e. The Morgan fingerprint density at radius 3 is 2.83 bits per heavy atom. The molecule has 1 heterocycles. The van der Waals surface area contributed by atoms with Crippen LogP contribution in [-0.4, -0.2) is 4.92 Å². The fraction of sp³-hybridized carbons (Fsp3) is 0.167. The normalized spacial score (nSPS) is 12.1. The Labute approximate surface area is 122 Å². The van der Waals surface area contributed by atoms with Crippen molar-refractivity contribution >= 4 is 45.3 Å². The fourth-order valence-corrected chi connectivity index (χ4v) is 2.83. The number of nitro groups is 1. The molecule has 0 saturated heterocycles. The van der Waals surface area contributed by atoms with E-state index in [1.807, 2.05) is 30.5 Å². The second-order valence-corrected chi connectivity index (χ2v) is 6.02. The minimum atomic E-state index is -0.356. The highest BCUT2D eigenvalue weighted by Gasteiger charge is 2.16. The molecule has 0 spiro atoms. The summed E-state index contributed by atoms with van der Waals surface area (Å²) < 4.78 is 0.855. The van der Waals surface area contributed by atoms with E-state index < -0.39 is 0 Å². The molecule has 0 fully saturated rings. The predicted octanol–water partition coefficient (Wildman–Crippen LogP) is 4.43. The molecule has 2 aromatic rings. The Bertz CT molecular complexity index is 557. The zero-order chi connectivity index (χ0) is 13.1. The van der Waals surface area contributed by atoms with Crippen LogP contribution in [0.4, 0.5) is 11.4 Å². The minimum absolute atomic E-state index is 0.0590. The van der Waals surface area contributed by atoms with Crippen molar-refractivity contribution in [3.8, 4) is 0 Å². The van der Waals surface area contributed by atoms with Crippen LogP contribution >= 0.6 is 33.9 Å². The number of nitrogens with zero attached hydrogens (tertiary/aromatic N) is 1. The molecule has 0 aliphatic rings. The highest BCUT2D eigenvalue weighted by molar-refractivity contribution is 14.1. The van der Waals surface area contributed by atoms with Crippen LogP contribution in [0.15, 0.2) is 35.7 Å². The molecule has 1 N–H and O–H groups in total. The van der Waals surface area contributed by atoms with Crippen molar-refractivity contribution in [3.63, 3.8) is 0 Å². The topological polar surface area (TPSA) is 55.2 Å². The van der Waals surface area contributed by atoms with Gasteiger partial charge in [-0.15, -0.1) is 11.3 Å². The maximum atomic E-state index is 11.0. The molecule has 1 aromatic heterocycles. The number of hydrogen-bond donors (Lipinski definition) is 1. The number of thiophene rings is 1. The van der Waals surface area contributed by atoms with Gasteiger partial charge in [-0.2, -0.15) is 0 Å². The monoisotopic (exact) mass is 374 g/mol. The quantitative estimate of drug-likeness (QED) is 0.489. The summed E-state index contributed by atoms with van der Waals surface area (Å²) in [7, 11) is 0. The van der Waals surface area contributed by atoms with Gasteiger partial charge in [0, 0.05) is 14.5 Å². The second kappa shape index (κ2) is 5.66. The molecule has 1 aromatic carbocycles. The third kappa shape index (κ3) is 2.99. The van der Waals surface area contributed by atoms with Crippen LogP contribution in [-0.2, 0) is 0 Å². The molecule has 0 aliphatic heterocycles. The van der Waals surface area contributed by atoms with E-state index in [-0.39, 0.29) is 16.7 Å². The predicted molar refractivity (Wildman–Crippen MR) is 82.2 cm³/mol. The van der Waals surface area contributed by atoms with Gasteiger partial charge in [-0.05, 0) is 53.1 Å². The Morgan fingerprint density at radius 1 is 1.44 bits per heavy atom. The summed E-state index contributed by atoms with van der Waals surface area (Å²) in [6.07, 6.45) is 0. The van der Waals surface area contributed by atoms with Crippen molar-refractivity contribution in [2.24, 2.45) is 0 Å². The average molecular weight is 374 g/mol. The number of rotatable bonds is 4. The van der Waals surface area contributed by atoms with Gasteiger partial charge in [0.1, 0.15) is 5.69 Å². The van der Waals surface area contributed by atoms with Crippen molar-refractivity contribution in [3.05, 3.63) is 54.3 Å². The minimum Gasteiger partial charge on any atom is -0.372 e.